The number of carboxylic acids is 1. The summed E-state index contributed by atoms with van der Waals surface area (Å²) in [5.74, 6) is -0.748. The van der Waals surface area contributed by atoms with Crippen molar-refractivity contribution in [3.63, 3.8) is 0 Å². The molecular weight excluding hydrogens is 198 g/mol. The molecule has 5 nitrogen and oxygen atoms in total. The second-order valence-electron chi connectivity index (χ2n) is 3.95. The number of rotatable bonds is 6. The number of carbonyl (C=O) groups is 1. The maximum atomic E-state index is 11.2. The lowest BCUT2D eigenvalue weighted by Gasteiger charge is -2.33. The standard InChI is InChI=1S/C10H19NO4/c12-5-7-15-6-3-10(9(13)14)2-1-4-11-8-10/h11-12H,1-8H2,(H,13,14). The summed E-state index contributed by atoms with van der Waals surface area (Å²) in [4.78, 5) is 11.2. The van der Waals surface area contributed by atoms with E-state index in [0.717, 1.165) is 13.0 Å². The van der Waals surface area contributed by atoms with Crippen molar-refractivity contribution in [2.24, 2.45) is 5.41 Å². The van der Waals surface area contributed by atoms with Gasteiger partial charge in [-0.05, 0) is 25.8 Å². The molecule has 3 N–H and O–H groups in total. The van der Waals surface area contributed by atoms with Crippen molar-refractivity contribution < 1.29 is 19.7 Å². The van der Waals surface area contributed by atoms with Crippen LogP contribution in [0.15, 0.2) is 0 Å². The Hall–Kier alpha value is -0.650. The van der Waals surface area contributed by atoms with E-state index in [4.69, 9.17) is 9.84 Å². The normalized spacial score (nSPS) is 26.5. The summed E-state index contributed by atoms with van der Waals surface area (Å²) < 4.78 is 5.12. The van der Waals surface area contributed by atoms with Gasteiger partial charge in [0.05, 0.1) is 18.6 Å². The highest BCUT2D eigenvalue weighted by Gasteiger charge is 2.39. The molecule has 1 unspecified atom stereocenters. The average Bonchev–Trinajstić information content (AvgIpc) is 2.26. The summed E-state index contributed by atoms with van der Waals surface area (Å²) >= 11 is 0. The fraction of sp³-hybridized carbons (Fsp3) is 0.900. The van der Waals surface area contributed by atoms with E-state index < -0.39 is 11.4 Å². The highest BCUT2D eigenvalue weighted by atomic mass is 16.5. The summed E-state index contributed by atoms with van der Waals surface area (Å²) in [6, 6.07) is 0. The maximum Gasteiger partial charge on any atom is 0.311 e. The summed E-state index contributed by atoms with van der Waals surface area (Å²) in [7, 11) is 0. The Balaban J connectivity index is 2.39. The highest BCUT2D eigenvalue weighted by molar-refractivity contribution is 5.75. The predicted molar refractivity (Wildman–Crippen MR) is 54.7 cm³/mol. The molecule has 0 saturated carbocycles. The molecule has 1 fully saturated rings. The first-order valence-corrected chi connectivity index (χ1v) is 5.34. The van der Waals surface area contributed by atoms with E-state index in [9.17, 15) is 9.90 Å². The van der Waals surface area contributed by atoms with E-state index in [0.29, 0.717) is 26.0 Å². The van der Waals surface area contributed by atoms with Crippen LogP contribution in [0.2, 0.25) is 0 Å². The van der Waals surface area contributed by atoms with Gasteiger partial charge in [-0.15, -0.1) is 0 Å². The van der Waals surface area contributed by atoms with Gasteiger partial charge in [-0.1, -0.05) is 0 Å². The van der Waals surface area contributed by atoms with Crippen LogP contribution < -0.4 is 5.32 Å². The highest BCUT2D eigenvalue weighted by Crippen LogP contribution is 2.30. The molecule has 88 valence electrons. The lowest BCUT2D eigenvalue weighted by molar-refractivity contribution is -0.151. The molecule has 0 radical (unpaired) electrons. The van der Waals surface area contributed by atoms with Crippen molar-refractivity contribution in [1.82, 2.24) is 5.32 Å². The van der Waals surface area contributed by atoms with Crippen LogP contribution in [-0.2, 0) is 9.53 Å². The molecule has 15 heavy (non-hydrogen) atoms. The lowest BCUT2D eigenvalue weighted by Crippen LogP contribution is -2.46. The first kappa shape index (κ1) is 12.4. The number of hydrogen-bond donors (Lipinski definition) is 3. The van der Waals surface area contributed by atoms with Crippen LogP contribution >= 0.6 is 0 Å². The second-order valence-corrected chi connectivity index (χ2v) is 3.95. The molecule has 0 amide bonds. The van der Waals surface area contributed by atoms with Crippen LogP contribution in [0.3, 0.4) is 0 Å². The molecule has 0 aromatic rings. The Kier molecular flexibility index (Phi) is 5.01. The van der Waals surface area contributed by atoms with E-state index in [1.54, 1.807) is 0 Å². The van der Waals surface area contributed by atoms with Crippen LogP contribution in [0.4, 0.5) is 0 Å². The third-order valence-electron chi connectivity index (χ3n) is 2.89. The van der Waals surface area contributed by atoms with Crippen LogP contribution in [0.1, 0.15) is 19.3 Å². The zero-order chi connectivity index (χ0) is 11.1. The maximum absolute atomic E-state index is 11.2. The summed E-state index contributed by atoms with van der Waals surface area (Å²) in [5, 5.41) is 20.8. The zero-order valence-electron chi connectivity index (χ0n) is 8.87. The Labute approximate surface area is 89.4 Å². The lowest BCUT2D eigenvalue weighted by atomic mass is 9.78. The Morgan fingerprint density at radius 2 is 2.27 bits per heavy atom. The molecule has 5 heteroatoms. The van der Waals surface area contributed by atoms with Gasteiger partial charge < -0.3 is 20.3 Å². The molecule has 1 atom stereocenters. The van der Waals surface area contributed by atoms with Crippen molar-refractivity contribution in [1.29, 1.82) is 0 Å². The predicted octanol–water partition coefficient (Wildman–Crippen LogP) is -0.160. The van der Waals surface area contributed by atoms with E-state index in [2.05, 4.69) is 5.32 Å². The molecular formula is C10H19NO4. The van der Waals surface area contributed by atoms with Crippen molar-refractivity contribution in [3.8, 4) is 0 Å². The number of aliphatic hydroxyl groups excluding tert-OH is 1. The van der Waals surface area contributed by atoms with E-state index in [1.807, 2.05) is 0 Å². The van der Waals surface area contributed by atoms with E-state index in [-0.39, 0.29) is 13.2 Å². The van der Waals surface area contributed by atoms with Crippen molar-refractivity contribution in [2.75, 3.05) is 32.9 Å². The van der Waals surface area contributed by atoms with Crippen molar-refractivity contribution in [3.05, 3.63) is 0 Å². The van der Waals surface area contributed by atoms with Gasteiger partial charge in [-0.2, -0.15) is 0 Å². The third kappa shape index (κ3) is 3.44. The second kappa shape index (κ2) is 6.05. The largest absolute Gasteiger partial charge is 0.481 e. The van der Waals surface area contributed by atoms with Gasteiger partial charge in [0.2, 0.25) is 0 Å². The van der Waals surface area contributed by atoms with Gasteiger partial charge >= 0.3 is 5.97 Å². The smallest absolute Gasteiger partial charge is 0.311 e. The molecule has 1 heterocycles. The monoisotopic (exact) mass is 217 g/mol. The molecule has 0 aromatic heterocycles. The van der Waals surface area contributed by atoms with E-state index in [1.165, 1.54) is 0 Å². The minimum absolute atomic E-state index is 0.0156. The molecule has 1 rings (SSSR count). The van der Waals surface area contributed by atoms with Gasteiger partial charge in [0.25, 0.3) is 0 Å². The van der Waals surface area contributed by atoms with Crippen molar-refractivity contribution in [2.45, 2.75) is 19.3 Å². The van der Waals surface area contributed by atoms with Gasteiger partial charge in [0, 0.05) is 13.2 Å². The molecule has 0 aliphatic carbocycles. The molecule has 0 spiro atoms. The van der Waals surface area contributed by atoms with Crippen LogP contribution in [0.5, 0.6) is 0 Å². The van der Waals surface area contributed by atoms with Crippen LogP contribution in [0, 0.1) is 5.41 Å². The molecule has 1 aliphatic heterocycles. The van der Waals surface area contributed by atoms with Gasteiger partial charge in [0.15, 0.2) is 0 Å². The summed E-state index contributed by atoms with van der Waals surface area (Å²) in [6.45, 7) is 2.08. The van der Waals surface area contributed by atoms with Crippen LogP contribution in [-0.4, -0.2) is 49.1 Å². The topological polar surface area (TPSA) is 78.8 Å². The number of hydrogen-bond acceptors (Lipinski definition) is 4. The first-order chi connectivity index (χ1) is 7.21. The molecule has 1 aliphatic rings. The molecule has 0 bridgehead atoms. The number of aliphatic hydroxyl groups is 1. The average molecular weight is 217 g/mol. The Morgan fingerprint density at radius 1 is 1.47 bits per heavy atom. The SMILES string of the molecule is O=C(O)C1(CCOCCO)CCCNC1. The Bertz CT molecular complexity index is 202. The first-order valence-electron chi connectivity index (χ1n) is 5.34. The minimum atomic E-state index is -0.748. The third-order valence-corrected chi connectivity index (χ3v) is 2.89. The van der Waals surface area contributed by atoms with Gasteiger partial charge in [0.1, 0.15) is 0 Å². The fourth-order valence-electron chi connectivity index (χ4n) is 1.90. The molecule has 0 aromatic carbocycles. The zero-order valence-corrected chi connectivity index (χ0v) is 8.87. The number of piperidine rings is 1. The fourth-order valence-corrected chi connectivity index (χ4v) is 1.90. The number of nitrogens with one attached hydrogen (secondary N) is 1. The van der Waals surface area contributed by atoms with Crippen molar-refractivity contribution >= 4 is 5.97 Å². The summed E-state index contributed by atoms with van der Waals surface area (Å²) in [6.07, 6.45) is 2.11. The molecule has 1 saturated heterocycles. The number of aliphatic carboxylic acids is 1. The van der Waals surface area contributed by atoms with Gasteiger partial charge in [-0.3, -0.25) is 4.79 Å². The van der Waals surface area contributed by atoms with Crippen LogP contribution in [0.25, 0.3) is 0 Å². The van der Waals surface area contributed by atoms with E-state index >= 15 is 0 Å². The summed E-state index contributed by atoms with van der Waals surface area (Å²) in [5.41, 5.74) is -0.673. The Morgan fingerprint density at radius 3 is 2.80 bits per heavy atom. The number of carboxylic acid groups (broad SMARTS) is 1. The minimum Gasteiger partial charge on any atom is -0.481 e. The van der Waals surface area contributed by atoms with Gasteiger partial charge in [-0.25, -0.2) is 0 Å². The number of ether oxygens (including phenoxy) is 1. The quantitative estimate of drug-likeness (QED) is 0.539.